The van der Waals surface area contributed by atoms with Crippen LogP contribution in [-0.2, 0) is 4.79 Å². The van der Waals surface area contributed by atoms with Gasteiger partial charge in [-0.05, 0) is 0 Å². The zero-order chi connectivity index (χ0) is 8.81. The van der Waals surface area contributed by atoms with Gasteiger partial charge in [0.05, 0.1) is 12.7 Å². The summed E-state index contributed by atoms with van der Waals surface area (Å²) in [6, 6.07) is 0. The van der Waals surface area contributed by atoms with Gasteiger partial charge >= 0.3 is 0 Å². The summed E-state index contributed by atoms with van der Waals surface area (Å²) in [6.45, 7) is 0. The maximum absolute atomic E-state index is 10.9. The molecule has 0 saturated heterocycles. The van der Waals surface area contributed by atoms with E-state index in [1.165, 1.54) is 12.5 Å². The Bertz CT molecular complexity index is 384. The van der Waals surface area contributed by atoms with Crippen LogP contribution in [0.5, 0.6) is 0 Å². The van der Waals surface area contributed by atoms with E-state index in [2.05, 4.69) is 21.8 Å². The van der Waals surface area contributed by atoms with Crippen molar-refractivity contribution in [1.29, 1.82) is 0 Å². The van der Waals surface area contributed by atoms with Crippen molar-refractivity contribution in [3.63, 3.8) is 0 Å². The molecule has 0 aliphatic carbocycles. The number of hydrogen-bond donors (Lipinski definition) is 1. The largest absolute Gasteiger partial charge is 0.312 e. The molecule has 0 fully saturated rings. The lowest BCUT2D eigenvalue weighted by molar-refractivity contribution is -0.107. The van der Waals surface area contributed by atoms with Crippen molar-refractivity contribution in [3.05, 3.63) is 28.4 Å². The van der Waals surface area contributed by atoms with E-state index in [-0.39, 0.29) is 17.5 Å². The Labute approximate surface area is 68.7 Å². The standard InChI is InChI=1S/C8H6N2O2/c11-4-2-1-3-7-5-9-6-10-8(7)12/h4-6H,2H2,(H,9,10,12). The Morgan fingerprint density at radius 2 is 2.50 bits per heavy atom. The molecule has 0 unspecified atom stereocenters. The average Bonchev–Trinajstić information content (AvgIpc) is 2.09. The Kier molecular flexibility index (Phi) is 2.79. The molecule has 0 aromatic carbocycles. The molecule has 4 nitrogen and oxygen atoms in total. The van der Waals surface area contributed by atoms with Gasteiger partial charge in [0.1, 0.15) is 11.8 Å². The van der Waals surface area contributed by atoms with Crippen LogP contribution in [0.1, 0.15) is 12.0 Å². The third kappa shape index (κ3) is 2.06. The lowest BCUT2D eigenvalue weighted by Crippen LogP contribution is -2.08. The first-order chi connectivity index (χ1) is 5.84. The Balaban J connectivity index is 2.91. The van der Waals surface area contributed by atoms with E-state index in [1.54, 1.807) is 0 Å². The first-order valence-corrected chi connectivity index (χ1v) is 3.30. The molecule has 0 spiro atoms. The van der Waals surface area contributed by atoms with Crippen molar-refractivity contribution >= 4 is 6.29 Å². The van der Waals surface area contributed by atoms with Crippen LogP contribution >= 0.6 is 0 Å². The summed E-state index contributed by atoms with van der Waals surface area (Å²) in [6.07, 6.45) is 3.45. The van der Waals surface area contributed by atoms with E-state index < -0.39 is 0 Å². The van der Waals surface area contributed by atoms with Crippen LogP contribution in [0.4, 0.5) is 0 Å². The fourth-order valence-electron chi connectivity index (χ4n) is 0.621. The monoisotopic (exact) mass is 162 g/mol. The minimum atomic E-state index is -0.289. The van der Waals surface area contributed by atoms with Crippen LogP contribution in [0.3, 0.4) is 0 Å². The number of aldehydes is 1. The molecule has 0 saturated carbocycles. The molecule has 1 rings (SSSR count). The van der Waals surface area contributed by atoms with Crippen LogP contribution in [-0.4, -0.2) is 16.3 Å². The molecule has 1 N–H and O–H groups in total. The van der Waals surface area contributed by atoms with Crippen molar-refractivity contribution in [1.82, 2.24) is 9.97 Å². The third-order valence-corrected chi connectivity index (χ3v) is 1.13. The second-order valence-electron chi connectivity index (χ2n) is 1.97. The van der Waals surface area contributed by atoms with Crippen molar-refractivity contribution < 1.29 is 4.79 Å². The molecule has 1 aromatic heterocycles. The molecule has 12 heavy (non-hydrogen) atoms. The summed E-state index contributed by atoms with van der Waals surface area (Å²) >= 11 is 0. The summed E-state index contributed by atoms with van der Waals surface area (Å²) in [5.41, 5.74) is -0.0113. The zero-order valence-corrected chi connectivity index (χ0v) is 6.20. The number of H-pyrrole nitrogens is 1. The smallest absolute Gasteiger partial charge is 0.266 e. The van der Waals surface area contributed by atoms with Gasteiger partial charge in [0.2, 0.25) is 0 Å². The molecule has 60 valence electrons. The maximum Gasteiger partial charge on any atom is 0.266 e. The van der Waals surface area contributed by atoms with Gasteiger partial charge in [-0.2, -0.15) is 0 Å². The van der Waals surface area contributed by atoms with Gasteiger partial charge in [0.15, 0.2) is 0 Å². The molecule has 0 radical (unpaired) electrons. The van der Waals surface area contributed by atoms with Crippen LogP contribution in [0, 0.1) is 11.8 Å². The lowest BCUT2D eigenvalue weighted by Gasteiger charge is -1.84. The molecule has 1 heterocycles. The second-order valence-corrected chi connectivity index (χ2v) is 1.97. The van der Waals surface area contributed by atoms with Crippen LogP contribution < -0.4 is 5.56 Å². The zero-order valence-electron chi connectivity index (χ0n) is 6.20. The first kappa shape index (κ1) is 8.21. The molecule has 0 aliphatic rings. The maximum atomic E-state index is 10.9. The van der Waals surface area contributed by atoms with Crippen molar-refractivity contribution in [2.75, 3.05) is 0 Å². The fraction of sp³-hybridized carbons (Fsp3) is 0.125. The normalized spacial score (nSPS) is 8.33. The number of nitrogens with zero attached hydrogens (tertiary/aromatic N) is 1. The van der Waals surface area contributed by atoms with E-state index >= 15 is 0 Å². The molecule has 4 heteroatoms. The summed E-state index contributed by atoms with van der Waals surface area (Å²) in [5, 5.41) is 0. The van der Waals surface area contributed by atoms with Gasteiger partial charge < -0.3 is 9.78 Å². The van der Waals surface area contributed by atoms with Crippen molar-refractivity contribution in [2.45, 2.75) is 6.42 Å². The van der Waals surface area contributed by atoms with Gasteiger partial charge in [0, 0.05) is 6.20 Å². The molecular weight excluding hydrogens is 156 g/mol. The minimum Gasteiger partial charge on any atom is -0.312 e. The van der Waals surface area contributed by atoms with E-state index in [9.17, 15) is 9.59 Å². The molecule has 0 aliphatic heterocycles. The first-order valence-electron chi connectivity index (χ1n) is 3.30. The number of aromatic nitrogens is 2. The second kappa shape index (κ2) is 4.09. The highest BCUT2D eigenvalue weighted by Crippen LogP contribution is 1.80. The highest BCUT2D eigenvalue weighted by Gasteiger charge is 1.90. The van der Waals surface area contributed by atoms with Gasteiger partial charge in [-0.1, -0.05) is 11.8 Å². The molecule has 0 bridgehead atoms. The van der Waals surface area contributed by atoms with Crippen LogP contribution in [0.15, 0.2) is 17.3 Å². The highest BCUT2D eigenvalue weighted by molar-refractivity contribution is 5.54. The third-order valence-electron chi connectivity index (χ3n) is 1.13. The Morgan fingerprint density at radius 3 is 3.17 bits per heavy atom. The van der Waals surface area contributed by atoms with E-state index in [0.717, 1.165) is 0 Å². The van der Waals surface area contributed by atoms with Gasteiger partial charge in [-0.25, -0.2) is 4.98 Å². The number of aromatic amines is 1. The SMILES string of the molecule is O=CCC#Cc1cnc[nH]c1=O. The summed E-state index contributed by atoms with van der Waals surface area (Å²) in [4.78, 5) is 26.9. The topological polar surface area (TPSA) is 62.8 Å². The molecule has 0 amide bonds. The minimum absolute atomic E-state index is 0.133. The van der Waals surface area contributed by atoms with E-state index in [1.807, 2.05) is 0 Å². The van der Waals surface area contributed by atoms with Crippen LogP contribution in [0.25, 0.3) is 0 Å². The van der Waals surface area contributed by atoms with Gasteiger partial charge in [-0.3, -0.25) is 4.79 Å². The summed E-state index contributed by atoms with van der Waals surface area (Å²) in [5.74, 6) is 5.04. The number of rotatable bonds is 1. The fourth-order valence-corrected chi connectivity index (χ4v) is 0.621. The van der Waals surface area contributed by atoms with Crippen molar-refractivity contribution in [2.24, 2.45) is 0 Å². The van der Waals surface area contributed by atoms with Gasteiger partial charge in [0.25, 0.3) is 5.56 Å². The Morgan fingerprint density at radius 1 is 1.67 bits per heavy atom. The molecular formula is C8H6N2O2. The average molecular weight is 162 g/mol. The number of carbonyl (C=O) groups is 1. The van der Waals surface area contributed by atoms with E-state index in [4.69, 9.17) is 0 Å². The molecule has 1 aromatic rings. The predicted octanol–water partition coefficient (Wildman–Crippen LogP) is -0.290. The van der Waals surface area contributed by atoms with Gasteiger partial charge in [-0.15, -0.1) is 0 Å². The van der Waals surface area contributed by atoms with E-state index in [0.29, 0.717) is 6.29 Å². The predicted molar refractivity (Wildman–Crippen MR) is 42.4 cm³/mol. The van der Waals surface area contributed by atoms with Crippen LogP contribution in [0.2, 0.25) is 0 Å². The number of nitrogens with one attached hydrogen (secondary N) is 1. The highest BCUT2D eigenvalue weighted by atomic mass is 16.1. The Hall–Kier alpha value is -1.89. The quantitative estimate of drug-likeness (QED) is 0.456. The lowest BCUT2D eigenvalue weighted by atomic mass is 10.3. The number of hydrogen-bond acceptors (Lipinski definition) is 3. The summed E-state index contributed by atoms with van der Waals surface area (Å²) < 4.78 is 0. The number of carbonyl (C=O) groups excluding carboxylic acids is 1. The van der Waals surface area contributed by atoms with Crippen molar-refractivity contribution in [3.8, 4) is 11.8 Å². The summed E-state index contributed by atoms with van der Waals surface area (Å²) in [7, 11) is 0. The molecule has 0 atom stereocenters.